The molecule has 29 heavy (non-hydrogen) atoms. The Balaban J connectivity index is 2.11. The van der Waals surface area contributed by atoms with Crippen molar-refractivity contribution < 1.29 is 4.74 Å². The van der Waals surface area contributed by atoms with Crippen molar-refractivity contribution in [2.45, 2.75) is 53.0 Å². The number of hydrogen-bond acceptors (Lipinski definition) is 4. The van der Waals surface area contributed by atoms with Crippen LogP contribution in [-0.2, 0) is 11.3 Å². The van der Waals surface area contributed by atoms with Crippen molar-refractivity contribution in [3.05, 3.63) is 51.9 Å². The highest BCUT2D eigenvalue weighted by atomic mass is 35.5. The Kier molecular flexibility index (Phi) is 7.09. The maximum Gasteiger partial charge on any atom is 0.261 e. The average Bonchev–Trinajstić information content (AvgIpc) is 3.15. The molecular formula is C22H27ClN4O2. The minimum atomic E-state index is -0.165. The third-order valence-electron chi connectivity index (χ3n) is 4.61. The Hall–Kier alpha value is -2.60. The molecule has 0 aliphatic rings. The van der Waals surface area contributed by atoms with Crippen LogP contribution in [0.15, 0.2) is 46.3 Å². The van der Waals surface area contributed by atoms with Gasteiger partial charge in [0.25, 0.3) is 5.56 Å². The van der Waals surface area contributed by atoms with Crippen molar-refractivity contribution in [3.8, 4) is 11.3 Å². The van der Waals surface area contributed by atoms with Crippen LogP contribution in [0.1, 0.15) is 46.5 Å². The van der Waals surface area contributed by atoms with E-state index >= 15 is 0 Å². The first kappa shape index (κ1) is 21.1. The molecule has 1 aromatic carbocycles. The van der Waals surface area contributed by atoms with Crippen molar-refractivity contribution >= 4 is 29.1 Å². The summed E-state index contributed by atoms with van der Waals surface area (Å²) < 4.78 is 9.18. The zero-order valence-electron chi connectivity index (χ0n) is 17.2. The number of halogens is 1. The van der Waals surface area contributed by atoms with Crippen LogP contribution in [0.25, 0.3) is 17.0 Å². The van der Waals surface area contributed by atoms with E-state index < -0.39 is 0 Å². The summed E-state index contributed by atoms with van der Waals surface area (Å²) in [5.41, 5.74) is 1.47. The van der Waals surface area contributed by atoms with E-state index in [1.807, 2.05) is 42.7 Å². The fraction of sp³-hybridized carbons (Fsp3) is 0.409. The third kappa shape index (κ3) is 5.07. The molecule has 0 aliphatic heterocycles. The van der Waals surface area contributed by atoms with E-state index in [4.69, 9.17) is 21.3 Å². The largest absolute Gasteiger partial charge is 0.481 e. The molecule has 0 atom stereocenters. The second-order valence-electron chi connectivity index (χ2n) is 6.98. The SMILES string of the molecule is CCCCCn1c(/N=C(\C)OCCC)cc(=O)n2cc(-c3ccc(Cl)cc3)nc12. The highest BCUT2D eigenvalue weighted by molar-refractivity contribution is 6.30. The van der Waals surface area contributed by atoms with Gasteiger partial charge in [0.05, 0.1) is 12.3 Å². The summed E-state index contributed by atoms with van der Waals surface area (Å²) in [6.07, 6.45) is 5.86. The summed E-state index contributed by atoms with van der Waals surface area (Å²) in [7, 11) is 0. The maximum absolute atomic E-state index is 12.8. The van der Waals surface area contributed by atoms with Gasteiger partial charge >= 0.3 is 0 Å². The smallest absolute Gasteiger partial charge is 0.261 e. The molecule has 0 amide bonds. The summed E-state index contributed by atoms with van der Waals surface area (Å²) >= 11 is 6.00. The summed E-state index contributed by atoms with van der Waals surface area (Å²) in [5.74, 6) is 1.70. The van der Waals surface area contributed by atoms with Crippen LogP contribution in [0.5, 0.6) is 0 Å². The van der Waals surface area contributed by atoms with E-state index in [2.05, 4.69) is 11.9 Å². The van der Waals surface area contributed by atoms with Crippen LogP contribution < -0.4 is 5.56 Å². The quantitative estimate of drug-likeness (QED) is 0.278. The lowest BCUT2D eigenvalue weighted by Crippen LogP contribution is -2.17. The summed E-state index contributed by atoms with van der Waals surface area (Å²) in [6, 6.07) is 8.98. The van der Waals surface area contributed by atoms with Gasteiger partial charge in [0.15, 0.2) is 5.90 Å². The van der Waals surface area contributed by atoms with Gasteiger partial charge in [-0.3, -0.25) is 13.8 Å². The average molecular weight is 415 g/mol. The molecule has 2 heterocycles. The molecule has 7 heteroatoms. The standard InChI is InChI=1S/C22H27ClN4O2/c1-4-6-7-12-26-20(24-16(3)29-13-5-2)14-21(28)27-15-19(25-22(26)27)17-8-10-18(23)11-9-17/h8-11,14-15H,4-7,12-13H2,1-3H3/b24-16+. The molecule has 2 aromatic heterocycles. The van der Waals surface area contributed by atoms with Crippen molar-refractivity contribution in [2.75, 3.05) is 6.61 Å². The molecule has 0 spiro atoms. The first-order valence-electron chi connectivity index (χ1n) is 10.1. The highest BCUT2D eigenvalue weighted by Gasteiger charge is 2.14. The van der Waals surface area contributed by atoms with Gasteiger partial charge in [0.1, 0.15) is 5.82 Å². The van der Waals surface area contributed by atoms with Gasteiger partial charge < -0.3 is 4.74 Å². The first-order chi connectivity index (χ1) is 14.0. The lowest BCUT2D eigenvalue weighted by Gasteiger charge is -2.12. The van der Waals surface area contributed by atoms with Crippen LogP contribution in [0, 0.1) is 0 Å². The van der Waals surface area contributed by atoms with Gasteiger partial charge in [-0.05, 0) is 25.0 Å². The summed E-state index contributed by atoms with van der Waals surface area (Å²) in [6.45, 7) is 7.35. The summed E-state index contributed by atoms with van der Waals surface area (Å²) in [5, 5.41) is 0.663. The fourth-order valence-corrected chi connectivity index (χ4v) is 3.24. The van der Waals surface area contributed by atoms with E-state index in [0.29, 0.717) is 29.1 Å². The van der Waals surface area contributed by atoms with E-state index in [0.717, 1.165) is 43.5 Å². The number of ether oxygens (including phenoxy) is 1. The van der Waals surface area contributed by atoms with Crippen molar-refractivity contribution in [2.24, 2.45) is 4.99 Å². The predicted molar refractivity (Wildman–Crippen MR) is 118 cm³/mol. The zero-order chi connectivity index (χ0) is 20.8. The number of nitrogens with zero attached hydrogens (tertiary/aromatic N) is 4. The lowest BCUT2D eigenvalue weighted by atomic mass is 10.2. The number of aryl methyl sites for hydroxylation is 1. The molecule has 154 valence electrons. The number of aromatic nitrogens is 3. The lowest BCUT2D eigenvalue weighted by molar-refractivity contribution is 0.302. The van der Waals surface area contributed by atoms with Crippen LogP contribution in [-0.4, -0.2) is 26.5 Å². The Morgan fingerprint density at radius 3 is 2.62 bits per heavy atom. The molecule has 0 bridgehead atoms. The number of fused-ring (bicyclic) bond motifs is 1. The summed E-state index contributed by atoms with van der Waals surface area (Å²) in [4.78, 5) is 22.1. The van der Waals surface area contributed by atoms with Gasteiger partial charge in [0, 0.05) is 36.3 Å². The molecule has 0 saturated carbocycles. The number of imidazole rings is 1. The first-order valence-corrected chi connectivity index (χ1v) is 10.5. The van der Waals surface area contributed by atoms with E-state index in [-0.39, 0.29) is 5.56 Å². The topological polar surface area (TPSA) is 60.9 Å². The Labute approximate surface area is 175 Å². The van der Waals surface area contributed by atoms with Crippen LogP contribution in [0.3, 0.4) is 0 Å². The fourth-order valence-electron chi connectivity index (χ4n) is 3.11. The van der Waals surface area contributed by atoms with Crippen LogP contribution >= 0.6 is 11.6 Å². The molecule has 0 saturated heterocycles. The number of rotatable bonds is 8. The zero-order valence-corrected chi connectivity index (χ0v) is 17.9. The van der Waals surface area contributed by atoms with Crippen molar-refractivity contribution in [3.63, 3.8) is 0 Å². The van der Waals surface area contributed by atoms with E-state index in [9.17, 15) is 4.79 Å². The second-order valence-corrected chi connectivity index (χ2v) is 7.42. The second kappa shape index (κ2) is 9.74. The molecule has 0 radical (unpaired) electrons. The van der Waals surface area contributed by atoms with Gasteiger partial charge in [-0.25, -0.2) is 4.98 Å². The molecule has 0 fully saturated rings. The molecule has 3 rings (SSSR count). The normalized spacial score (nSPS) is 11.9. The Morgan fingerprint density at radius 1 is 1.17 bits per heavy atom. The van der Waals surface area contributed by atoms with Crippen molar-refractivity contribution in [1.29, 1.82) is 0 Å². The van der Waals surface area contributed by atoms with Gasteiger partial charge in [-0.15, -0.1) is 0 Å². The molecule has 0 aliphatic carbocycles. The van der Waals surface area contributed by atoms with Crippen LogP contribution in [0.4, 0.5) is 5.82 Å². The molecular weight excluding hydrogens is 388 g/mol. The monoisotopic (exact) mass is 414 g/mol. The maximum atomic E-state index is 12.8. The molecule has 3 aromatic rings. The molecule has 0 N–H and O–H groups in total. The number of hydrogen-bond donors (Lipinski definition) is 0. The number of aliphatic imine (C=N–C) groups is 1. The van der Waals surface area contributed by atoms with E-state index in [1.165, 1.54) is 0 Å². The minimum absolute atomic E-state index is 0.165. The predicted octanol–water partition coefficient (Wildman–Crippen LogP) is 5.48. The van der Waals surface area contributed by atoms with Gasteiger partial charge in [-0.2, -0.15) is 4.99 Å². The van der Waals surface area contributed by atoms with Crippen molar-refractivity contribution in [1.82, 2.24) is 14.0 Å². The van der Waals surface area contributed by atoms with E-state index in [1.54, 1.807) is 16.7 Å². The molecule has 0 unspecified atom stereocenters. The number of unbranched alkanes of at least 4 members (excludes halogenated alkanes) is 2. The Bertz CT molecular complexity index is 1050. The third-order valence-corrected chi connectivity index (χ3v) is 4.86. The number of benzene rings is 1. The Morgan fingerprint density at radius 2 is 1.93 bits per heavy atom. The molecule has 6 nitrogen and oxygen atoms in total. The highest BCUT2D eigenvalue weighted by Crippen LogP contribution is 2.23. The van der Waals surface area contributed by atoms with Gasteiger partial charge in [0.2, 0.25) is 5.78 Å². The van der Waals surface area contributed by atoms with Gasteiger partial charge in [-0.1, -0.05) is 50.4 Å². The van der Waals surface area contributed by atoms with Crippen LogP contribution in [0.2, 0.25) is 5.02 Å². The minimum Gasteiger partial charge on any atom is -0.481 e.